The molecule has 1 aliphatic heterocycles. The average molecular weight is 447 g/mol. The molecule has 0 aliphatic carbocycles. The number of ether oxygens (including phenoxy) is 3. The van der Waals surface area contributed by atoms with Crippen molar-refractivity contribution in [2.45, 2.75) is 0 Å². The van der Waals surface area contributed by atoms with Gasteiger partial charge in [0.15, 0.2) is 11.5 Å². The maximum Gasteiger partial charge on any atom is 0.343 e. The van der Waals surface area contributed by atoms with Crippen molar-refractivity contribution < 1.29 is 28.7 Å². The maximum atomic E-state index is 12.3. The average Bonchev–Trinajstić information content (AvgIpc) is 2.84. The summed E-state index contributed by atoms with van der Waals surface area (Å²) >= 11 is 0. The Balaban J connectivity index is 1.32. The molecule has 0 saturated heterocycles. The Labute approximate surface area is 187 Å². The number of carbonyl (C=O) groups excluding carboxylic acids is 2. The number of nitro benzene ring substituents is 1. The number of hydrogen-bond acceptors (Lipinski definition) is 8. The first-order valence-corrected chi connectivity index (χ1v) is 9.79. The Morgan fingerprint density at radius 2 is 1.61 bits per heavy atom. The van der Waals surface area contributed by atoms with Crippen LogP contribution in [0, 0.1) is 10.1 Å². The number of hydrazone groups is 1. The van der Waals surface area contributed by atoms with Gasteiger partial charge in [-0.3, -0.25) is 14.9 Å². The number of non-ortho nitro benzene ring substituents is 1. The summed E-state index contributed by atoms with van der Waals surface area (Å²) in [6.45, 7) is 0.896. The van der Waals surface area contributed by atoms with Gasteiger partial charge in [-0.2, -0.15) is 5.10 Å². The topological polar surface area (TPSA) is 129 Å². The van der Waals surface area contributed by atoms with E-state index in [0.29, 0.717) is 35.8 Å². The van der Waals surface area contributed by atoms with Gasteiger partial charge in [0.05, 0.1) is 16.7 Å². The van der Waals surface area contributed by atoms with Crippen molar-refractivity contribution >= 4 is 23.8 Å². The summed E-state index contributed by atoms with van der Waals surface area (Å²) in [5, 5.41) is 14.6. The molecule has 0 bridgehead atoms. The zero-order chi connectivity index (χ0) is 23.2. The summed E-state index contributed by atoms with van der Waals surface area (Å²) in [5.41, 5.74) is 3.55. The summed E-state index contributed by atoms with van der Waals surface area (Å²) in [4.78, 5) is 34.6. The third-order valence-corrected chi connectivity index (χ3v) is 4.59. The summed E-state index contributed by atoms with van der Waals surface area (Å²) in [6, 6.07) is 16.4. The molecule has 0 radical (unpaired) electrons. The molecular formula is C23H17N3O7. The first-order chi connectivity index (χ1) is 16.0. The molecule has 3 aromatic rings. The van der Waals surface area contributed by atoms with Crippen LogP contribution in [0.2, 0.25) is 0 Å². The van der Waals surface area contributed by atoms with Gasteiger partial charge < -0.3 is 14.2 Å². The molecule has 3 aromatic carbocycles. The molecule has 1 N–H and O–H groups in total. The van der Waals surface area contributed by atoms with Crippen LogP contribution < -0.4 is 19.6 Å². The molecule has 0 unspecified atom stereocenters. The van der Waals surface area contributed by atoms with Crippen molar-refractivity contribution in [2.24, 2.45) is 5.10 Å². The molecular weight excluding hydrogens is 430 g/mol. The van der Waals surface area contributed by atoms with Crippen LogP contribution in [-0.4, -0.2) is 36.2 Å². The van der Waals surface area contributed by atoms with Gasteiger partial charge in [0.2, 0.25) is 0 Å². The third-order valence-electron chi connectivity index (χ3n) is 4.59. The van der Waals surface area contributed by atoms with Crippen molar-refractivity contribution in [3.05, 3.63) is 93.5 Å². The molecule has 10 nitrogen and oxygen atoms in total. The maximum absolute atomic E-state index is 12.3. The molecule has 1 aliphatic rings. The quantitative estimate of drug-likeness (QED) is 0.202. The first kappa shape index (κ1) is 21.5. The molecule has 0 atom stereocenters. The zero-order valence-electron chi connectivity index (χ0n) is 17.1. The normalized spacial score (nSPS) is 12.2. The zero-order valence-corrected chi connectivity index (χ0v) is 17.1. The predicted molar refractivity (Wildman–Crippen MR) is 117 cm³/mol. The van der Waals surface area contributed by atoms with Crippen LogP contribution in [0.3, 0.4) is 0 Å². The number of nitrogens with zero attached hydrogens (tertiary/aromatic N) is 2. The van der Waals surface area contributed by atoms with Crippen LogP contribution >= 0.6 is 0 Å². The second-order valence-electron chi connectivity index (χ2n) is 6.82. The second kappa shape index (κ2) is 9.60. The van der Waals surface area contributed by atoms with E-state index < -0.39 is 16.8 Å². The lowest BCUT2D eigenvalue weighted by molar-refractivity contribution is -0.384. The fourth-order valence-corrected chi connectivity index (χ4v) is 2.92. The van der Waals surface area contributed by atoms with Gasteiger partial charge >= 0.3 is 5.97 Å². The summed E-state index contributed by atoms with van der Waals surface area (Å²) < 4.78 is 16.1. The van der Waals surface area contributed by atoms with Gasteiger partial charge in [0, 0.05) is 17.7 Å². The Kier molecular flexibility index (Phi) is 6.26. The molecule has 4 rings (SSSR count). The number of hydrogen-bond donors (Lipinski definition) is 1. The first-order valence-electron chi connectivity index (χ1n) is 9.79. The van der Waals surface area contributed by atoms with Crippen LogP contribution in [-0.2, 0) is 0 Å². The van der Waals surface area contributed by atoms with Crippen molar-refractivity contribution in [1.29, 1.82) is 0 Å². The molecule has 166 valence electrons. The number of fused-ring (bicyclic) bond motifs is 1. The van der Waals surface area contributed by atoms with E-state index in [-0.39, 0.29) is 17.0 Å². The van der Waals surface area contributed by atoms with Crippen molar-refractivity contribution in [1.82, 2.24) is 5.43 Å². The van der Waals surface area contributed by atoms with Crippen LogP contribution in [0.25, 0.3) is 0 Å². The van der Waals surface area contributed by atoms with E-state index >= 15 is 0 Å². The number of esters is 1. The van der Waals surface area contributed by atoms with Gasteiger partial charge in [-0.25, -0.2) is 10.2 Å². The number of amides is 1. The lowest BCUT2D eigenvalue weighted by Gasteiger charge is -2.18. The summed E-state index contributed by atoms with van der Waals surface area (Å²) in [7, 11) is 0. The molecule has 0 fully saturated rings. The van der Waals surface area contributed by atoms with E-state index in [1.54, 1.807) is 42.5 Å². The highest BCUT2D eigenvalue weighted by Crippen LogP contribution is 2.30. The minimum absolute atomic E-state index is 0.115. The molecule has 0 spiro atoms. The summed E-state index contributed by atoms with van der Waals surface area (Å²) in [6.07, 6.45) is 1.44. The van der Waals surface area contributed by atoms with E-state index in [1.165, 1.54) is 30.5 Å². The number of carbonyl (C=O) groups is 2. The smallest absolute Gasteiger partial charge is 0.343 e. The number of nitro groups is 1. The lowest BCUT2D eigenvalue weighted by Crippen LogP contribution is -2.19. The Morgan fingerprint density at radius 1 is 0.939 bits per heavy atom. The van der Waals surface area contributed by atoms with Gasteiger partial charge in [-0.05, 0) is 60.2 Å². The van der Waals surface area contributed by atoms with Gasteiger partial charge in [0.25, 0.3) is 11.6 Å². The molecule has 1 heterocycles. The van der Waals surface area contributed by atoms with Crippen LogP contribution in [0.5, 0.6) is 17.2 Å². The number of benzene rings is 3. The van der Waals surface area contributed by atoms with E-state index in [9.17, 15) is 19.7 Å². The van der Waals surface area contributed by atoms with E-state index in [0.717, 1.165) is 0 Å². The lowest BCUT2D eigenvalue weighted by atomic mass is 10.2. The highest BCUT2D eigenvalue weighted by atomic mass is 16.6. The SMILES string of the molecule is O=C(N/N=C\c1ccc(OC(=O)c2ccc([N+](=O)[O-])cc2)cc1)c1ccc2c(c1)OCCO2. The standard InChI is InChI=1S/C23H17N3O7/c27-22(17-5-10-20-21(13-17)32-12-11-31-20)25-24-14-15-1-8-19(9-2-15)33-23(28)16-3-6-18(7-4-16)26(29)30/h1-10,13-14H,11-12H2,(H,25,27)/b24-14-. The van der Waals surface area contributed by atoms with Crippen molar-refractivity contribution in [3.8, 4) is 17.2 Å². The Morgan fingerprint density at radius 3 is 2.30 bits per heavy atom. The number of rotatable bonds is 6. The highest BCUT2D eigenvalue weighted by Gasteiger charge is 2.15. The Hall–Kier alpha value is -4.73. The van der Waals surface area contributed by atoms with Crippen LogP contribution in [0.1, 0.15) is 26.3 Å². The molecule has 1 amide bonds. The van der Waals surface area contributed by atoms with Gasteiger partial charge in [-0.1, -0.05) is 0 Å². The van der Waals surface area contributed by atoms with Gasteiger partial charge in [-0.15, -0.1) is 0 Å². The predicted octanol–water partition coefficient (Wildman–Crippen LogP) is 3.35. The number of nitrogens with one attached hydrogen (secondary N) is 1. The fourth-order valence-electron chi connectivity index (χ4n) is 2.92. The molecule has 0 saturated carbocycles. The van der Waals surface area contributed by atoms with Crippen LogP contribution in [0.15, 0.2) is 71.8 Å². The largest absolute Gasteiger partial charge is 0.486 e. The third kappa shape index (κ3) is 5.31. The van der Waals surface area contributed by atoms with Crippen molar-refractivity contribution in [3.63, 3.8) is 0 Å². The fraction of sp³-hybridized carbons (Fsp3) is 0.0870. The van der Waals surface area contributed by atoms with Crippen LogP contribution in [0.4, 0.5) is 5.69 Å². The summed E-state index contributed by atoms with van der Waals surface area (Å²) in [5.74, 6) is 0.345. The minimum atomic E-state index is -0.641. The second-order valence-corrected chi connectivity index (χ2v) is 6.82. The minimum Gasteiger partial charge on any atom is -0.486 e. The molecule has 10 heteroatoms. The monoisotopic (exact) mass is 447 g/mol. The van der Waals surface area contributed by atoms with Crippen molar-refractivity contribution in [2.75, 3.05) is 13.2 Å². The Bertz CT molecular complexity index is 1220. The molecule has 0 aromatic heterocycles. The van der Waals surface area contributed by atoms with E-state index in [2.05, 4.69) is 10.5 Å². The highest BCUT2D eigenvalue weighted by molar-refractivity contribution is 5.95. The van der Waals surface area contributed by atoms with E-state index in [4.69, 9.17) is 14.2 Å². The molecule has 33 heavy (non-hydrogen) atoms. The van der Waals surface area contributed by atoms with Gasteiger partial charge in [0.1, 0.15) is 19.0 Å². The van der Waals surface area contributed by atoms with E-state index in [1.807, 2.05) is 0 Å².